The maximum absolute atomic E-state index is 13.1. The second kappa shape index (κ2) is 8.05. The lowest BCUT2D eigenvalue weighted by Gasteiger charge is -2.09. The van der Waals surface area contributed by atoms with Crippen molar-refractivity contribution >= 4 is 34.6 Å². The highest BCUT2D eigenvalue weighted by atomic mass is 35.5. The van der Waals surface area contributed by atoms with Crippen LogP contribution < -0.4 is 10.2 Å². The van der Waals surface area contributed by atoms with Gasteiger partial charge in [-0.15, -0.1) is 0 Å². The van der Waals surface area contributed by atoms with Crippen LogP contribution in [0.4, 0.5) is 0 Å². The Morgan fingerprint density at radius 3 is 2.57 bits per heavy atom. The second-order valence-corrected chi connectivity index (χ2v) is 7.18. The molecule has 0 saturated carbocycles. The van der Waals surface area contributed by atoms with Gasteiger partial charge in [0, 0.05) is 11.1 Å². The molecule has 4 aromatic rings. The van der Waals surface area contributed by atoms with Gasteiger partial charge in [0.1, 0.15) is 5.58 Å². The minimum atomic E-state index is -0.738. The van der Waals surface area contributed by atoms with Crippen molar-refractivity contribution < 1.29 is 18.4 Å². The maximum Gasteiger partial charge on any atom is 0.336 e. The molecule has 0 bridgehead atoms. The minimum absolute atomic E-state index is 0.0558. The van der Waals surface area contributed by atoms with Gasteiger partial charge in [0.05, 0.1) is 11.6 Å². The first-order valence-corrected chi connectivity index (χ1v) is 9.58. The van der Waals surface area contributed by atoms with Gasteiger partial charge in [-0.3, -0.25) is 4.79 Å². The molecule has 2 heterocycles. The van der Waals surface area contributed by atoms with Gasteiger partial charge in [0.25, 0.3) is 0 Å². The summed E-state index contributed by atoms with van der Waals surface area (Å²) < 4.78 is 16.7. The highest BCUT2D eigenvalue weighted by Gasteiger charge is 2.22. The lowest BCUT2D eigenvalue weighted by Crippen LogP contribution is -2.14. The average molecular weight is 421 g/mol. The van der Waals surface area contributed by atoms with Gasteiger partial charge in [0.2, 0.25) is 16.9 Å². The fraction of sp³-hybridized carbons (Fsp3) is 0.0833. The summed E-state index contributed by atoms with van der Waals surface area (Å²) in [7, 11) is 0. The van der Waals surface area contributed by atoms with E-state index in [9.17, 15) is 9.59 Å². The van der Waals surface area contributed by atoms with Crippen molar-refractivity contribution in [3.05, 3.63) is 92.8 Å². The third kappa shape index (κ3) is 3.80. The van der Waals surface area contributed by atoms with Crippen LogP contribution in [0.5, 0.6) is 5.75 Å². The van der Waals surface area contributed by atoms with Crippen molar-refractivity contribution in [1.29, 1.82) is 0 Å². The van der Waals surface area contributed by atoms with Crippen LogP contribution >= 0.6 is 11.6 Å². The minimum Gasteiger partial charge on any atom is -0.461 e. The number of esters is 1. The van der Waals surface area contributed by atoms with Gasteiger partial charge >= 0.3 is 5.97 Å². The monoisotopic (exact) mass is 420 g/mol. The third-order valence-corrected chi connectivity index (χ3v) is 5.06. The van der Waals surface area contributed by atoms with E-state index in [2.05, 4.69) is 0 Å². The number of hydrogen-bond acceptors (Lipinski definition) is 5. The van der Waals surface area contributed by atoms with E-state index in [1.54, 1.807) is 48.5 Å². The van der Waals surface area contributed by atoms with Crippen LogP contribution in [-0.4, -0.2) is 5.97 Å². The summed E-state index contributed by atoms with van der Waals surface area (Å²) in [4.78, 5) is 25.6. The summed E-state index contributed by atoms with van der Waals surface area (Å²) in [6.45, 7) is 3.82. The van der Waals surface area contributed by atoms with Crippen molar-refractivity contribution in [3.8, 4) is 17.3 Å². The molecule has 2 aromatic heterocycles. The number of aryl methyl sites for hydroxylation is 2. The van der Waals surface area contributed by atoms with E-state index < -0.39 is 11.4 Å². The molecule has 0 unspecified atom stereocenters. The number of carbonyl (C=O) groups excluding carboxylic acids is 1. The number of carbonyl (C=O) groups is 1. The predicted molar refractivity (Wildman–Crippen MR) is 116 cm³/mol. The Morgan fingerprint density at radius 2 is 1.83 bits per heavy atom. The van der Waals surface area contributed by atoms with Crippen LogP contribution in [0.3, 0.4) is 0 Å². The molecule has 0 aliphatic carbocycles. The zero-order valence-electron chi connectivity index (χ0n) is 16.3. The first-order valence-electron chi connectivity index (χ1n) is 9.20. The molecule has 0 saturated heterocycles. The molecule has 0 aliphatic heterocycles. The van der Waals surface area contributed by atoms with Crippen LogP contribution in [0.15, 0.2) is 74.5 Å². The first-order chi connectivity index (χ1) is 14.4. The molecule has 0 spiro atoms. The molecule has 0 amide bonds. The fourth-order valence-corrected chi connectivity index (χ4v) is 3.20. The molecule has 0 N–H and O–H groups in total. The van der Waals surface area contributed by atoms with Gasteiger partial charge in [-0.1, -0.05) is 29.8 Å². The molecule has 0 radical (unpaired) electrons. The number of furan rings is 1. The standard InChI is InChI=1S/C24H17ClO5/c1-14-12-17-20(13-15(14)2)29-23(19-8-5-11-28-19)24(22(17)27)30-21(26)10-9-16-6-3-4-7-18(16)25/h3-13H,1-2H3/b10-9+. The second-order valence-electron chi connectivity index (χ2n) is 6.78. The van der Waals surface area contributed by atoms with Crippen molar-refractivity contribution in [1.82, 2.24) is 0 Å². The summed E-state index contributed by atoms with van der Waals surface area (Å²) in [5.41, 5.74) is 2.49. The number of fused-ring (bicyclic) bond motifs is 1. The van der Waals surface area contributed by atoms with Gasteiger partial charge < -0.3 is 13.6 Å². The van der Waals surface area contributed by atoms with Crippen LogP contribution in [0.1, 0.15) is 16.7 Å². The van der Waals surface area contributed by atoms with Crippen LogP contribution in [0.2, 0.25) is 5.02 Å². The van der Waals surface area contributed by atoms with Gasteiger partial charge in [-0.25, -0.2) is 4.79 Å². The van der Waals surface area contributed by atoms with E-state index in [0.717, 1.165) is 11.1 Å². The predicted octanol–water partition coefficient (Wildman–Crippen LogP) is 5.94. The number of ether oxygens (including phenoxy) is 1. The Labute approximate surface area is 177 Å². The van der Waals surface area contributed by atoms with E-state index in [1.807, 2.05) is 13.8 Å². The zero-order valence-corrected chi connectivity index (χ0v) is 17.0. The Morgan fingerprint density at radius 1 is 1.07 bits per heavy atom. The Hall–Kier alpha value is -3.57. The summed E-state index contributed by atoms with van der Waals surface area (Å²) in [5.74, 6) is -0.627. The molecule has 0 fully saturated rings. The van der Waals surface area contributed by atoms with Crippen molar-refractivity contribution in [2.45, 2.75) is 13.8 Å². The Kier molecular flexibility index (Phi) is 5.29. The molecule has 30 heavy (non-hydrogen) atoms. The van der Waals surface area contributed by atoms with E-state index >= 15 is 0 Å². The highest BCUT2D eigenvalue weighted by molar-refractivity contribution is 6.32. The van der Waals surface area contributed by atoms with Crippen molar-refractivity contribution in [2.75, 3.05) is 0 Å². The summed E-state index contributed by atoms with van der Waals surface area (Å²) in [5, 5.41) is 0.820. The molecule has 4 rings (SSSR count). The molecular weight excluding hydrogens is 404 g/mol. The average Bonchev–Trinajstić information content (AvgIpc) is 3.25. The zero-order chi connectivity index (χ0) is 21.3. The maximum atomic E-state index is 13.1. The summed E-state index contributed by atoms with van der Waals surface area (Å²) >= 11 is 6.10. The van der Waals surface area contributed by atoms with E-state index in [1.165, 1.54) is 18.4 Å². The fourth-order valence-electron chi connectivity index (χ4n) is 3.00. The Bertz CT molecular complexity index is 1330. The smallest absolute Gasteiger partial charge is 0.336 e. The molecular formula is C24H17ClO5. The van der Waals surface area contributed by atoms with E-state index in [-0.39, 0.29) is 17.3 Å². The topological polar surface area (TPSA) is 69.7 Å². The number of benzene rings is 2. The quantitative estimate of drug-likeness (QED) is 0.302. The lowest BCUT2D eigenvalue weighted by molar-refractivity contribution is -0.129. The summed E-state index contributed by atoms with van der Waals surface area (Å²) in [6, 6.07) is 13.8. The first kappa shape index (κ1) is 19.7. The molecule has 0 atom stereocenters. The van der Waals surface area contributed by atoms with Crippen LogP contribution in [0.25, 0.3) is 28.6 Å². The molecule has 6 heteroatoms. The molecule has 150 valence electrons. The van der Waals surface area contributed by atoms with Crippen LogP contribution in [-0.2, 0) is 4.79 Å². The summed E-state index contributed by atoms with van der Waals surface area (Å²) in [6.07, 6.45) is 4.17. The van der Waals surface area contributed by atoms with E-state index in [4.69, 9.17) is 25.2 Å². The van der Waals surface area contributed by atoms with Crippen molar-refractivity contribution in [2.24, 2.45) is 0 Å². The van der Waals surface area contributed by atoms with E-state index in [0.29, 0.717) is 21.6 Å². The largest absolute Gasteiger partial charge is 0.461 e. The molecule has 5 nitrogen and oxygen atoms in total. The van der Waals surface area contributed by atoms with Gasteiger partial charge in [-0.2, -0.15) is 0 Å². The van der Waals surface area contributed by atoms with Gasteiger partial charge in [-0.05, 0) is 66.9 Å². The molecule has 2 aromatic carbocycles. The van der Waals surface area contributed by atoms with Gasteiger partial charge in [0.15, 0.2) is 5.76 Å². The van der Waals surface area contributed by atoms with Crippen LogP contribution in [0, 0.1) is 13.8 Å². The third-order valence-electron chi connectivity index (χ3n) is 4.72. The lowest BCUT2D eigenvalue weighted by atomic mass is 10.1. The highest BCUT2D eigenvalue weighted by Crippen LogP contribution is 2.32. The Balaban J connectivity index is 1.79. The number of halogens is 1. The van der Waals surface area contributed by atoms with Crippen molar-refractivity contribution in [3.63, 3.8) is 0 Å². The number of hydrogen-bond donors (Lipinski definition) is 0. The number of rotatable bonds is 4. The normalized spacial score (nSPS) is 11.3. The SMILES string of the molecule is Cc1cc2oc(-c3ccco3)c(OC(=O)/C=C/c3ccccc3Cl)c(=O)c2cc1C. The molecule has 0 aliphatic rings.